The number of thioether (sulfide) groups is 1. The Balaban J connectivity index is 2.23. The number of hydrogen-bond donors (Lipinski definition) is 1. The second kappa shape index (κ2) is 4.95. The summed E-state index contributed by atoms with van der Waals surface area (Å²) in [4.78, 5) is 0. The molecule has 1 fully saturated rings. The molecule has 0 bridgehead atoms. The summed E-state index contributed by atoms with van der Waals surface area (Å²) in [6, 6.07) is 1.54. The number of hydrogen-bond acceptors (Lipinski definition) is 5. The van der Waals surface area contributed by atoms with Gasteiger partial charge in [-0.3, -0.25) is 0 Å². The molecule has 1 saturated heterocycles. The summed E-state index contributed by atoms with van der Waals surface area (Å²) in [6.45, 7) is 1.22. The lowest BCUT2D eigenvalue weighted by atomic mass is 10.5. The molecular formula is C9H14N2O2S3. The maximum atomic E-state index is 12.2. The number of sulfonamides is 1. The van der Waals surface area contributed by atoms with E-state index in [4.69, 9.17) is 5.73 Å². The van der Waals surface area contributed by atoms with Gasteiger partial charge in [-0.2, -0.15) is 16.1 Å². The first-order valence-corrected chi connectivity index (χ1v) is 8.50. The van der Waals surface area contributed by atoms with Crippen molar-refractivity contribution < 1.29 is 8.42 Å². The van der Waals surface area contributed by atoms with Crippen LogP contribution in [0.15, 0.2) is 15.7 Å². The van der Waals surface area contributed by atoms with Gasteiger partial charge in [0.05, 0.1) is 0 Å². The van der Waals surface area contributed by atoms with Gasteiger partial charge in [-0.05, 0) is 18.2 Å². The van der Waals surface area contributed by atoms with Crippen LogP contribution in [0.4, 0.5) is 5.69 Å². The highest BCUT2D eigenvalue weighted by atomic mass is 32.2. The van der Waals surface area contributed by atoms with Crippen molar-refractivity contribution in [3.63, 3.8) is 0 Å². The minimum atomic E-state index is -3.31. The zero-order valence-electron chi connectivity index (χ0n) is 8.76. The Kier molecular flexibility index (Phi) is 3.78. The Bertz CT molecular complexity index is 447. The average Bonchev–Trinajstić information content (AvgIpc) is 2.54. The van der Waals surface area contributed by atoms with E-state index in [0.717, 1.165) is 17.9 Å². The Hall–Kier alpha value is -0.240. The molecule has 0 unspecified atom stereocenters. The van der Waals surface area contributed by atoms with Gasteiger partial charge in [0.2, 0.25) is 0 Å². The number of anilines is 1. The molecule has 0 atom stereocenters. The van der Waals surface area contributed by atoms with Crippen LogP contribution in [-0.2, 0) is 10.0 Å². The van der Waals surface area contributed by atoms with E-state index < -0.39 is 10.0 Å². The molecule has 7 heteroatoms. The summed E-state index contributed by atoms with van der Waals surface area (Å²) in [6.07, 6.45) is 0.921. The molecular weight excluding hydrogens is 264 g/mol. The van der Waals surface area contributed by atoms with Crippen LogP contribution < -0.4 is 5.73 Å². The fraction of sp³-hybridized carbons (Fsp3) is 0.556. The van der Waals surface area contributed by atoms with Crippen LogP contribution in [0, 0.1) is 0 Å². The molecule has 2 rings (SSSR count). The first-order valence-electron chi connectivity index (χ1n) is 5.02. The molecule has 0 saturated carbocycles. The van der Waals surface area contributed by atoms with Crippen molar-refractivity contribution in [2.75, 3.05) is 30.3 Å². The lowest BCUT2D eigenvalue weighted by Crippen LogP contribution is -2.32. The molecule has 2 heterocycles. The molecule has 1 aromatic heterocycles. The van der Waals surface area contributed by atoms with Gasteiger partial charge < -0.3 is 5.73 Å². The smallest absolute Gasteiger partial charge is 0.252 e. The third-order valence-electron chi connectivity index (χ3n) is 2.37. The summed E-state index contributed by atoms with van der Waals surface area (Å²) >= 11 is 3.00. The predicted octanol–water partition coefficient (Wildman–Crippen LogP) is 1.46. The number of nitrogens with zero attached hydrogens (tertiary/aromatic N) is 1. The largest absolute Gasteiger partial charge is 0.398 e. The number of nitrogens with two attached hydrogens (primary N) is 1. The maximum absolute atomic E-state index is 12.2. The molecule has 1 aromatic rings. The van der Waals surface area contributed by atoms with Crippen molar-refractivity contribution in [1.82, 2.24) is 4.31 Å². The minimum Gasteiger partial charge on any atom is -0.398 e. The van der Waals surface area contributed by atoms with Crippen molar-refractivity contribution in [2.45, 2.75) is 10.6 Å². The van der Waals surface area contributed by atoms with Gasteiger partial charge in [0.15, 0.2) is 0 Å². The molecule has 1 aliphatic heterocycles. The van der Waals surface area contributed by atoms with Gasteiger partial charge in [0.25, 0.3) is 10.0 Å². The van der Waals surface area contributed by atoms with Crippen LogP contribution in [0.25, 0.3) is 0 Å². The molecule has 90 valence electrons. The van der Waals surface area contributed by atoms with E-state index >= 15 is 0 Å². The molecule has 16 heavy (non-hydrogen) atoms. The number of nitrogen functional groups attached to an aromatic ring is 1. The molecule has 2 N–H and O–H groups in total. The third-order valence-corrected chi connectivity index (χ3v) is 6.75. The van der Waals surface area contributed by atoms with Gasteiger partial charge >= 0.3 is 0 Å². The van der Waals surface area contributed by atoms with Crippen LogP contribution in [-0.4, -0.2) is 37.3 Å². The van der Waals surface area contributed by atoms with E-state index in [0.29, 0.717) is 23.0 Å². The Morgan fingerprint density at radius 3 is 2.81 bits per heavy atom. The van der Waals surface area contributed by atoms with Gasteiger partial charge in [0.1, 0.15) is 4.21 Å². The Labute approximate surface area is 104 Å². The Morgan fingerprint density at radius 1 is 1.31 bits per heavy atom. The quantitative estimate of drug-likeness (QED) is 0.889. The highest BCUT2D eigenvalue weighted by Crippen LogP contribution is 2.26. The van der Waals surface area contributed by atoms with Gasteiger partial charge in [-0.1, -0.05) is 0 Å². The van der Waals surface area contributed by atoms with Gasteiger partial charge in [0, 0.05) is 29.9 Å². The first kappa shape index (κ1) is 12.2. The molecule has 0 aromatic carbocycles. The summed E-state index contributed by atoms with van der Waals surface area (Å²) in [5.74, 6) is 1.92. The molecule has 0 aliphatic carbocycles. The van der Waals surface area contributed by atoms with Crippen LogP contribution in [0.2, 0.25) is 0 Å². The highest BCUT2D eigenvalue weighted by Gasteiger charge is 2.26. The SMILES string of the molecule is Nc1csc(S(=O)(=O)N2CCCSCC2)c1. The third kappa shape index (κ3) is 2.53. The summed E-state index contributed by atoms with van der Waals surface area (Å²) in [7, 11) is -3.31. The monoisotopic (exact) mass is 278 g/mol. The van der Waals surface area contributed by atoms with Crippen molar-refractivity contribution in [1.29, 1.82) is 0 Å². The predicted molar refractivity (Wildman–Crippen MR) is 69.4 cm³/mol. The normalized spacial score (nSPS) is 19.5. The second-order valence-electron chi connectivity index (χ2n) is 3.57. The van der Waals surface area contributed by atoms with E-state index in [9.17, 15) is 8.42 Å². The first-order chi connectivity index (χ1) is 7.60. The summed E-state index contributed by atoms with van der Waals surface area (Å²) < 4.78 is 26.4. The average molecular weight is 278 g/mol. The van der Waals surface area contributed by atoms with Crippen LogP contribution >= 0.6 is 23.1 Å². The zero-order chi connectivity index (χ0) is 11.6. The van der Waals surface area contributed by atoms with E-state index in [1.807, 2.05) is 11.8 Å². The van der Waals surface area contributed by atoms with Crippen LogP contribution in [0.1, 0.15) is 6.42 Å². The number of rotatable bonds is 2. The fourth-order valence-corrected chi connectivity index (χ4v) is 5.27. The summed E-state index contributed by atoms with van der Waals surface area (Å²) in [5.41, 5.74) is 6.08. The molecule has 4 nitrogen and oxygen atoms in total. The number of thiophene rings is 1. The van der Waals surface area contributed by atoms with E-state index in [1.165, 1.54) is 17.4 Å². The Morgan fingerprint density at radius 2 is 2.12 bits per heavy atom. The van der Waals surface area contributed by atoms with E-state index in [-0.39, 0.29) is 0 Å². The second-order valence-corrected chi connectivity index (χ2v) is 7.87. The highest BCUT2D eigenvalue weighted by molar-refractivity contribution is 7.99. The van der Waals surface area contributed by atoms with Gasteiger partial charge in [-0.25, -0.2) is 8.42 Å². The molecule has 0 amide bonds. The van der Waals surface area contributed by atoms with Crippen molar-refractivity contribution in [2.24, 2.45) is 0 Å². The fourth-order valence-electron chi connectivity index (χ4n) is 1.56. The van der Waals surface area contributed by atoms with Crippen molar-refractivity contribution >= 4 is 38.8 Å². The minimum absolute atomic E-state index is 0.358. The van der Waals surface area contributed by atoms with Crippen LogP contribution in [0.5, 0.6) is 0 Å². The molecule has 1 aliphatic rings. The van der Waals surface area contributed by atoms with Crippen molar-refractivity contribution in [3.05, 3.63) is 11.4 Å². The van der Waals surface area contributed by atoms with Crippen LogP contribution in [0.3, 0.4) is 0 Å². The van der Waals surface area contributed by atoms with Gasteiger partial charge in [-0.15, -0.1) is 11.3 Å². The molecule has 0 spiro atoms. The lowest BCUT2D eigenvalue weighted by Gasteiger charge is -2.18. The van der Waals surface area contributed by atoms with E-state index in [1.54, 1.807) is 9.69 Å². The lowest BCUT2D eigenvalue weighted by molar-refractivity contribution is 0.436. The maximum Gasteiger partial charge on any atom is 0.252 e. The molecule has 0 radical (unpaired) electrons. The van der Waals surface area contributed by atoms with Crippen molar-refractivity contribution in [3.8, 4) is 0 Å². The topological polar surface area (TPSA) is 63.4 Å². The summed E-state index contributed by atoms with van der Waals surface area (Å²) in [5, 5.41) is 1.67. The zero-order valence-corrected chi connectivity index (χ0v) is 11.2. The standard InChI is InChI=1S/C9H14N2O2S3/c10-8-6-9(15-7-8)16(12,13)11-2-1-4-14-5-3-11/h6-7H,1-5,10H2. The van der Waals surface area contributed by atoms with E-state index in [2.05, 4.69) is 0 Å².